The third kappa shape index (κ3) is 2.12. The number of aryl methyl sites for hydroxylation is 1. The molecule has 3 aromatic rings. The van der Waals surface area contributed by atoms with Gasteiger partial charge in [-0.05, 0) is 13.3 Å². The standard InChI is InChI=1S/C14H15N5O3/c1-8-10(6-15-19(8)2)12-5-11(17-21-12)14-16-13(18-22-14)9-3-4-20-7-9/h5-6,9H,3-4,7H2,1-2H3. The molecule has 1 saturated heterocycles. The molecule has 1 fully saturated rings. The highest BCUT2D eigenvalue weighted by molar-refractivity contribution is 5.63. The van der Waals surface area contributed by atoms with Crippen molar-refractivity contribution in [3.8, 4) is 22.9 Å². The van der Waals surface area contributed by atoms with Crippen molar-refractivity contribution in [1.29, 1.82) is 0 Å². The fourth-order valence-corrected chi connectivity index (χ4v) is 2.49. The monoisotopic (exact) mass is 301 g/mol. The lowest BCUT2D eigenvalue weighted by Crippen LogP contribution is -1.99. The van der Waals surface area contributed by atoms with Crippen molar-refractivity contribution >= 4 is 0 Å². The number of hydrogen-bond acceptors (Lipinski definition) is 7. The van der Waals surface area contributed by atoms with Crippen LogP contribution >= 0.6 is 0 Å². The number of rotatable bonds is 3. The van der Waals surface area contributed by atoms with Crippen LogP contribution in [0.15, 0.2) is 21.3 Å². The molecule has 0 spiro atoms. The minimum Gasteiger partial charge on any atom is -0.381 e. The number of aromatic nitrogens is 5. The first-order valence-electron chi connectivity index (χ1n) is 7.10. The summed E-state index contributed by atoms with van der Waals surface area (Å²) in [5.41, 5.74) is 2.41. The maximum atomic E-state index is 5.38. The zero-order valence-electron chi connectivity index (χ0n) is 12.3. The predicted octanol–water partition coefficient (Wildman–Crippen LogP) is 1.94. The molecule has 3 aromatic heterocycles. The second-order valence-electron chi connectivity index (χ2n) is 5.36. The Morgan fingerprint density at radius 2 is 2.18 bits per heavy atom. The molecule has 0 saturated carbocycles. The molecule has 4 rings (SSSR count). The summed E-state index contributed by atoms with van der Waals surface area (Å²) in [6, 6.07) is 1.78. The molecule has 1 atom stereocenters. The van der Waals surface area contributed by atoms with Gasteiger partial charge in [0.1, 0.15) is 0 Å². The minimum atomic E-state index is 0.199. The van der Waals surface area contributed by atoms with Crippen LogP contribution in [-0.4, -0.2) is 38.3 Å². The molecule has 8 nitrogen and oxygen atoms in total. The molecule has 0 bridgehead atoms. The van der Waals surface area contributed by atoms with Crippen LogP contribution in [0.1, 0.15) is 23.9 Å². The third-order valence-electron chi connectivity index (χ3n) is 3.97. The predicted molar refractivity (Wildman–Crippen MR) is 74.9 cm³/mol. The van der Waals surface area contributed by atoms with Crippen molar-refractivity contribution in [3.63, 3.8) is 0 Å². The molecule has 4 heterocycles. The minimum absolute atomic E-state index is 0.199. The van der Waals surface area contributed by atoms with E-state index in [4.69, 9.17) is 13.8 Å². The van der Waals surface area contributed by atoms with Gasteiger partial charge in [0.25, 0.3) is 5.89 Å². The molecule has 0 radical (unpaired) electrons. The maximum Gasteiger partial charge on any atom is 0.280 e. The zero-order chi connectivity index (χ0) is 15.1. The zero-order valence-corrected chi connectivity index (χ0v) is 12.3. The maximum absolute atomic E-state index is 5.38. The van der Waals surface area contributed by atoms with Crippen molar-refractivity contribution in [2.24, 2.45) is 7.05 Å². The summed E-state index contributed by atoms with van der Waals surface area (Å²) >= 11 is 0. The summed E-state index contributed by atoms with van der Waals surface area (Å²) in [4.78, 5) is 4.40. The molecule has 0 aromatic carbocycles. The first-order chi connectivity index (χ1) is 10.7. The number of hydrogen-bond donors (Lipinski definition) is 0. The second-order valence-corrected chi connectivity index (χ2v) is 5.36. The van der Waals surface area contributed by atoms with Crippen molar-refractivity contribution in [2.75, 3.05) is 13.2 Å². The van der Waals surface area contributed by atoms with Gasteiger partial charge in [-0.25, -0.2) is 0 Å². The van der Waals surface area contributed by atoms with Gasteiger partial charge in [0.05, 0.1) is 18.4 Å². The summed E-state index contributed by atoms with van der Waals surface area (Å²) in [7, 11) is 1.88. The summed E-state index contributed by atoms with van der Waals surface area (Å²) < 4.78 is 17.8. The molecular weight excluding hydrogens is 286 g/mol. The van der Waals surface area contributed by atoms with Crippen LogP contribution in [0.5, 0.6) is 0 Å². The third-order valence-corrected chi connectivity index (χ3v) is 3.97. The van der Waals surface area contributed by atoms with Gasteiger partial charge in [-0.3, -0.25) is 4.68 Å². The van der Waals surface area contributed by atoms with Crippen LogP contribution in [0, 0.1) is 6.92 Å². The molecule has 114 valence electrons. The first kappa shape index (κ1) is 13.2. The summed E-state index contributed by atoms with van der Waals surface area (Å²) in [6.07, 6.45) is 2.66. The summed E-state index contributed by atoms with van der Waals surface area (Å²) in [5.74, 6) is 1.85. The Kier molecular flexibility index (Phi) is 3.04. The van der Waals surface area contributed by atoms with Crippen molar-refractivity contribution < 1.29 is 13.8 Å². The molecule has 0 N–H and O–H groups in total. The van der Waals surface area contributed by atoms with Crippen LogP contribution in [0.3, 0.4) is 0 Å². The highest BCUT2D eigenvalue weighted by Gasteiger charge is 2.24. The normalized spacial score (nSPS) is 18.2. The Morgan fingerprint density at radius 3 is 2.91 bits per heavy atom. The van der Waals surface area contributed by atoms with Gasteiger partial charge < -0.3 is 13.8 Å². The van der Waals surface area contributed by atoms with Gasteiger partial charge in [0, 0.05) is 31.3 Å². The Balaban J connectivity index is 1.62. The lowest BCUT2D eigenvalue weighted by atomic mass is 10.1. The first-order valence-corrected chi connectivity index (χ1v) is 7.10. The number of ether oxygens (including phenoxy) is 1. The Bertz CT molecular complexity index is 797. The fraction of sp³-hybridized carbons (Fsp3) is 0.429. The van der Waals surface area contributed by atoms with Gasteiger partial charge >= 0.3 is 0 Å². The molecule has 0 aliphatic carbocycles. The largest absolute Gasteiger partial charge is 0.381 e. The van der Waals surface area contributed by atoms with E-state index in [1.165, 1.54) is 0 Å². The van der Waals surface area contributed by atoms with Crippen molar-refractivity contribution in [3.05, 3.63) is 23.8 Å². The van der Waals surface area contributed by atoms with E-state index in [-0.39, 0.29) is 5.92 Å². The van der Waals surface area contributed by atoms with Crippen LogP contribution < -0.4 is 0 Å². The van der Waals surface area contributed by atoms with Crippen LogP contribution in [0.4, 0.5) is 0 Å². The Morgan fingerprint density at radius 1 is 1.27 bits per heavy atom. The topological polar surface area (TPSA) is 92.0 Å². The highest BCUT2D eigenvalue weighted by Crippen LogP contribution is 2.29. The van der Waals surface area contributed by atoms with E-state index in [1.54, 1.807) is 16.9 Å². The van der Waals surface area contributed by atoms with Crippen molar-refractivity contribution in [2.45, 2.75) is 19.3 Å². The summed E-state index contributed by atoms with van der Waals surface area (Å²) in [6.45, 7) is 3.34. The lowest BCUT2D eigenvalue weighted by Gasteiger charge is -1.97. The van der Waals surface area contributed by atoms with E-state index in [2.05, 4.69) is 20.4 Å². The van der Waals surface area contributed by atoms with Gasteiger partial charge in [0.2, 0.25) is 0 Å². The molecule has 1 aliphatic heterocycles. The van der Waals surface area contributed by atoms with Gasteiger partial charge in [0.15, 0.2) is 17.3 Å². The van der Waals surface area contributed by atoms with E-state index in [9.17, 15) is 0 Å². The lowest BCUT2D eigenvalue weighted by molar-refractivity contribution is 0.192. The van der Waals surface area contributed by atoms with Gasteiger partial charge in [-0.1, -0.05) is 10.3 Å². The van der Waals surface area contributed by atoms with E-state index in [0.29, 0.717) is 29.8 Å². The van der Waals surface area contributed by atoms with Gasteiger partial charge in [-0.2, -0.15) is 10.1 Å². The molecule has 1 unspecified atom stereocenters. The van der Waals surface area contributed by atoms with E-state index >= 15 is 0 Å². The van der Waals surface area contributed by atoms with Crippen LogP contribution in [-0.2, 0) is 11.8 Å². The van der Waals surface area contributed by atoms with E-state index in [0.717, 1.165) is 24.3 Å². The van der Waals surface area contributed by atoms with E-state index < -0.39 is 0 Å². The fourth-order valence-electron chi connectivity index (χ4n) is 2.49. The van der Waals surface area contributed by atoms with Gasteiger partial charge in [-0.15, -0.1) is 0 Å². The summed E-state index contributed by atoms with van der Waals surface area (Å²) in [5, 5.41) is 12.2. The highest BCUT2D eigenvalue weighted by atomic mass is 16.5. The molecule has 1 aliphatic rings. The SMILES string of the molecule is Cc1c(-c2cc(-c3nc(C4CCOC4)no3)no2)cnn1C. The average Bonchev–Trinajstić information content (AvgIpc) is 3.25. The Labute approximate surface area is 126 Å². The second kappa shape index (κ2) is 5.06. The molecular formula is C14H15N5O3. The number of nitrogens with zero attached hydrogens (tertiary/aromatic N) is 5. The molecule has 8 heteroatoms. The van der Waals surface area contributed by atoms with Crippen LogP contribution in [0.25, 0.3) is 22.9 Å². The molecule has 0 amide bonds. The Hall–Kier alpha value is -2.48. The van der Waals surface area contributed by atoms with Crippen molar-refractivity contribution in [1.82, 2.24) is 25.1 Å². The quantitative estimate of drug-likeness (QED) is 0.729. The van der Waals surface area contributed by atoms with Crippen LogP contribution in [0.2, 0.25) is 0 Å². The average molecular weight is 301 g/mol. The molecule has 22 heavy (non-hydrogen) atoms. The van der Waals surface area contributed by atoms with E-state index in [1.807, 2.05) is 14.0 Å². The smallest absolute Gasteiger partial charge is 0.280 e.